The summed E-state index contributed by atoms with van der Waals surface area (Å²) in [7, 11) is 0.565. The Morgan fingerprint density at radius 2 is 1.76 bits per heavy atom. The van der Waals surface area contributed by atoms with E-state index >= 15 is 0 Å². The lowest BCUT2D eigenvalue weighted by Crippen LogP contribution is -2.23. The van der Waals surface area contributed by atoms with E-state index in [0.29, 0.717) is 30.0 Å². The molecule has 0 heterocycles. The van der Waals surface area contributed by atoms with Crippen LogP contribution < -0.4 is 24.7 Å². The maximum atomic E-state index is 12.1. The summed E-state index contributed by atoms with van der Waals surface area (Å²) in [6, 6.07) is 9.98. The Morgan fingerprint density at radius 3 is 2.38 bits per heavy atom. The van der Waals surface area contributed by atoms with Crippen LogP contribution in [0.15, 0.2) is 47.4 Å². The molecule has 0 aromatic heterocycles. The molecule has 3 N–H and O–H groups in total. The molecule has 29 heavy (non-hydrogen) atoms. The molecule has 0 saturated carbocycles. The lowest BCUT2D eigenvalue weighted by atomic mass is 10.1. The van der Waals surface area contributed by atoms with Crippen molar-refractivity contribution in [3.63, 3.8) is 0 Å². The van der Waals surface area contributed by atoms with Crippen molar-refractivity contribution in [1.29, 1.82) is 0 Å². The fourth-order valence-corrected chi connectivity index (χ4v) is 3.36. The number of hydrogen-bond donors (Lipinski definition) is 2. The van der Waals surface area contributed by atoms with Gasteiger partial charge in [0.25, 0.3) is 0 Å². The first-order chi connectivity index (χ1) is 13.8. The first kappa shape index (κ1) is 22.3. The summed E-state index contributed by atoms with van der Waals surface area (Å²) < 4.78 is 38.8. The molecule has 0 fully saturated rings. The molecular weight excluding hydrogens is 396 g/mol. The summed E-state index contributed by atoms with van der Waals surface area (Å²) in [6.07, 6.45) is 3.46. The normalized spacial score (nSPS) is 11.3. The summed E-state index contributed by atoms with van der Waals surface area (Å²) in [5, 5.41) is 7.96. The molecule has 0 radical (unpaired) electrons. The Hall–Kier alpha value is -3.04. The van der Waals surface area contributed by atoms with E-state index in [4.69, 9.17) is 19.3 Å². The van der Waals surface area contributed by atoms with Gasteiger partial charge in [-0.05, 0) is 42.3 Å². The molecule has 2 aromatic carbocycles. The molecule has 1 amide bonds. The molecule has 0 bridgehead atoms. The number of methoxy groups -OCH3 is 3. The Labute approximate surface area is 170 Å². The van der Waals surface area contributed by atoms with E-state index in [1.807, 2.05) is 0 Å². The fourth-order valence-electron chi connectivity index (χ4n) is 2.61. The van der Waals surface area contributed by atoms with Gasteiger partial charge >= 0.3 is 0 Å². The highest BCUT2D eigenvalue weighted by Gasteiger charge is 2.15. The molecule has 0 saturated heterocycles. The second kappa shape index (κ2) is 9.94. The molecule has 2 aromatic rings. The molecule has 0 aliphatic heterocycles. The second-order valence-corrected chi connectivity index (χ2v) is 7.54. The van der Waals surface area contributed by atoms with E-state index < -0.39 is 10.0 Å². The third-order valence-corrected chi connectivity index (χ3v) is 5.03. The Bertz CT molecular complexity index is 1000. The van der Waals surface area contributed by atoms with Gasteiger partial charge < -0.3 is 19.5 Å². The third-order valence-electron chi connectivity index (χ3n) is 4.10. The van der Waals surface area contributed by atoms with Crippen LogP contribution in [0.4, 0.5) is 0 Å². The van der Waals surface area contributed by atoms with Crippen LogP contribution in [0.3, 0.4) is 0 Å². The van der Waals surface area contributed by atoms with Crippen molar-refractivity contribution in [3.05, 3.63) is 53.6 Å². The van der Waals surface area contributed by atoms with Gasteiger partial charge in [-0.25, -0.2) is 13.6 Å². The van der Waals surface area contributed by atoms with Crippen LogP contribution in [-0.2, 0) is 21.2 Å². The number of carbonyl (C=O) groups excluding carboxylic acids is 1. The molecule has 156 valence electrons. The van der Waals surface area contributed by atoms with Gasteiger partial charge in [0.2, 0.25) is 15.9 Å². The summed E-state index contributed by atoms with van der Waals surface area (Å²) >= 11 is 0. The van der Waals surface area contributed by atoms with Gasteiger partial charge in [-0.15, -0.1) is 0 Å². The largest absolute Gasteiger partial charge is 0.497 e. The molecular formula is C20H24N2O6S. The molecule has 0 spiro atoms. The number of sulfonamides is 1. The first-order valence-electron chi connectivity index (χ1n) is 8.66. The third kappa shape index (κ3) is 6.23. The van der Waals surface area contributed by atoms with Gasteiger partial charge in [0.05, 0.1) is 21.3 Å². The average molecular weight is 420 g/mol. The number of rotatable bonds is 9. The van der Waals surface area contributed by atoms with Crippen LogP contribution in [-0.4, -0.2) is 42.2 Å². The minimum atomic E-state index is -3.90. The predicted octanol–water partition coefficient (Wildman–Crippen LogP) is 1.73. The van der Waals surface area contributed by atoms with Crippen molar-refractivity contribution < 1.29 is 27.4 Å². The number of nitrogens with one attached hydrogen (secondary N) is 1. The maximum Gasteiger partial charge on any atom is 0.244 e. The number of primary sulfonamides is 1. The number of hydrogen-bond acceptors (Lipinski definition) is 6. The van der Waals surface area contributed by atoms with E-state index in [9.17, 15) is 13.2 Å². The zero-order valence-corrected chi connectivity index (χ0v) is 17.3. The van der Waals surface area contributed by atoms with Crippen molar-refractivity contribution in [2.75, 3.05) is 27.9 Å². The standard InChI is InChI=1S/C20H24N2O6S/c1-26-16-7-5-15(18(13-16)28-3)6-9-20(23)22-11-10-14-4-8-17(27-2)19(12-14)29(21,24)25/h4-9,12-13H,10-11H2,1-3H3,(H,22,23)(H2,21,24,25)/b9-6+. The van der Waals surface area contributed by atoms with Gasteiger partial charge in [0, 0.05) is 24.3 Å². The van der Waals surface area contributed by atoms with Gasteiger partial charge in [-0.2, -0.15) is 0 Å². The van der Waals surface area contributed by atoms with Crippen LogP contribution in [0.25, 0.3) is 6.08 Å². The topological polar surface area (TPSA) is 117 Å². The number of carbonyl (C=O) groups is 1. The minimum absolute atomic E-state index is 0.0877. The van der Waals surface area contributed by atoms with Crippen molar-refractivity contribution in [3.8, 4) is 17.2 Å². The van der Waals surface area contributed by atoms with Crippen LogP contribution in [0, 0.1) is 0 Å². The van der Waals surface area contributed by atoms with Crippen LogP contribution in [0.5, 0.6) is 17.2 Å². The van der Waals surface area contributed by atoms with Crippen LogP contribution in [0.2, 0.25) is 0 Å². The Kier molecular flexibility index (Phi) is 7.63. The molecule has 0 atom stereocenters. The summed E-state index contributed by atoms with van der Waals surface area (Å²) in [5.41, 5.74) is 1.44. The Morgan fingerprint density at radius 1 is 1.03 bits per heavy atom. The van der Waals surface area contributed by atoms with Crippen molar-refractivity contribution in [2.45, 2.75) is 11.3 Å². The number of amides is 1. The van der Waals surface area contributed by atoms with E-state index in [0.717, 1.165) is 5.56 Å². The number of benzene rings is 2. The maximum absolute atomic E-state index is 12.1. The van der Waals surface area contributed by atoms with Gasteiger partial charge in [-0.1, -0.05) is 6.07 Å². The highest BCUT2D eigenvalue weighted by Crippen LogP contribution is 2.26. The van der Waals surface area contributed by atoms with Crippen molar-refractivity contribution >= 4 is 22.0 Å². The van der Waals surface area contributed by atoms with Crippen molar-refractivity contribution in [1.82, 2.24) is 5.32 Å². The first-order valence-corrected chi connectivity index (χ1v) is 10.2. The molecule has 2 rings (SSSR count). The van der Waals surface area contributed by atoms with E-state index in [1.54, 1.807) is 37.5 Å². The minimum Gasteiger partial charge on any atom is -0.497 e. The van der Waals surface area contributed by atoms with Gasteiger partial charge in [0.15, 0.2) is 0 Å². The monoisotopic (exact) mass is 420 g/mol. The quantitative estimate of drug-likeness (QED) is 0.597. The van der Waals surface area contributed by atoms with Crippen LogP contribution in [0.1, 0.15) is 11.1 Å². The van der Waals surface area contributed by atoms with Gasteiger partial charge in [-0.3, -0.25) is 4.79 Å². The molecule has 0 unspecified atom stereocenters. The molecule has 0 aliphatic carbocycles. The molecule has 8 nitrogen and oxygen atoms in total. The molecule has 0 aliphatic rings. The van der Waals surface area contributed by atoms with E-state index in [1.165, 1.54) is 32.4 Å². The van der Waals surface area contributed by atoms with Crippen molar-refractivity contribution in [2.24, 2.45) is 5.14 Å². The zero-order chi connectivity index (χ0) is 21.4. The van der Waals surface area contributed by atoms with Gasteiger partial charge in [0.1, 0.15) is 22.1 Å². The lowest BCUT2D eigenvalue weighted by molar-refractivity contribution is -0.116. The van der Waals surface area contributed by atoms with E-state index in [2.05, 4.69) is 5.32 Å². The second-order valence-electron chi connectivity index (χ2n) is 6.01. The highest BCUT2D eigenvalue weighted by molar-refractivity contribution is 7.89. The van der Waals surface area contributed by atoms with E-state index in [-0.39, 0.29) is 16.6 Å². The summed E-state index contributed by atoms with van der Waals surface area (Å²) in [4.78, 5) is 12.0. The highest BCUT2D eigenvalue weighted by atomic mass is 32.2. The zero-order valence-electron chi connectivity index (χ0n) is 16.5. The fraction of sp³-hybridized carbons (Fsp3) is 0.250. The number of ether oxygens (including phenoxy) is 3. The lowest BCUT2D eigenvalue weighted by Gasteiger charge is -2.09. The van der Waals surface area contributed by atoms with Crippen LogP contribution >= 0.6 is 0 Å². The SMILES string of the molecule is COc1ccc(/C=C/C(=O)NCCc2ccc(OC)c(S(N)(=O)=O)c2)c(OC)c1. The summed E-state index contributed by atoms with van der Waals surface area (Å²) in [5.74, 6) is 1.13. The average Bonchev–Trinajstić information content (AvgIpc) is 2.71. The molecule has 9 heteroatoms. The number of nitrogens with two attached hydrogens (primary N) is 1. The predicted molar refractivity (Wildman–Crippen MR) is 110 cm³/mol. The Balaban J connectivity index is 1.98. The smallest absolute Gasteiger partial charge is 0.244 e. The summed E-state index contributed by atoms with van der Waals surface area (Å²) in [6.45, 7) is 0.319.